The van der Waals surface area contributed by atoms with Gasteiger partial charge in [0.25, 0.3) is 0 Å². The number of alkyl halides is 3. The first kappa shape index (κ1) is 19.5. The van der Waals surface area contributed by atoms with Crippen LogP contribution in [0.3, 0.4) is 0 Å². The van der Waals surface area contributed by atoms with Crippen LogP contribution in [0.5, 0.6) is 0 Å². The topological polar surface area (TPSA) is 111 Å². The van der Waals surface area contributed by atoms with Gasteiger partial charge in [-0.1, -0.05) is 0 Å². The molecule has 0 saturated heterocycles. The molecule has 0 radical (unpaired) electrons. The van der Waals surface area contributed by atoms with Gasteiger partial charge in [0.1, 0.15) is 11.7 Å². The summed E-state index contributed by atoms with van der Waals surface area (Å²) in [6.45, 7) is 0. The minimum absolute atomic E-state index is 0.0976. The number of hydrogen-bond acceptors (Lipinski definition) is 6. The Morgan fingerprint density at radius 3 is 2.66 bits per heavy atom. The molecular weight excluding hydrogens is 421 g/mol. The van der Waals surface area contributed by atoms with Crippen molar-refractivity contribution < 1.29 is 18.3 Å². The van der Waals surface area contributed by atoms with Crippen LogP contribution in [0.25, 0.3) is 22.3 Å². The van der Waals surface area contributed by atoms with E-state index in [9.17, 15) is 23.5 Å². The lowest BCUT2D eigenvalue weighted by atomic mass is 10.00. The SMILES string of the molecule is N#Cc1cnc(NC2CC23CCC2(C[C@@H]2O)C3)nc1-c1c[nH]c2ncc(C(F)(F)F)cc12. The van der Waals surface area contributed by atoms with Crippen molar-refractivity contribution in [3.63, 3.8) is 0 Å². The van der Waals surface area contributed by atoms with Crippen LogP contribution in [0.4, 0.5) is 19.1 Å². The Balaban J connectivity index is 1.32. The molecule has 0 bridgehead atoms. The fourth-order valence-electron chi connectivity index (χ4n) is 5.43. The number of nitrogens with one attached hydrogen (secondary N) is 2. The Hall–Kier alpha value is -3.19. The molecule has 0 aromatic carbocycles. The molecule has 0 aliphatic heterocycles. The maximum atomic E-state index is 13.2. The van der Waals surface area contributed by atoms with E-state index in [1.165, 1.54) is 12.4 Å². The predicted molar refractivity (Wildman–Crippen MR) is 108 cm³/mol. The van der Waals surface area contributed by atoms with Crippen molar-refractivity contribution in [1.82, 2.24) is 19.9 Å². The summed E-state index contributed by atoms with van der Waals surface area (Å²) < 4.78 is 39.6. The Bertz CT molecular complexity index is 1300. The molecule has 4 atom stereocenters. The van der Waals surface area contributed by atoms with Gasteiger partial charge in [-0.25, -0.2) is 15.0 Å². The lowest BCUT2D eigenvalue weighted by Gasteiger charge is -2.12. The average molecular weight is 440 g/mol. The van der Waals surface area contributed by atoms with Crippen molar-refractivity contribution in [2.75, 3.05) is 5.32 Å². The Kier molecular flexibility index (Phi) is 3.77. The van der Waals surface area contributed by atoms with E-state index in [0.717, 1.165) is 44.4 Å². The molecule has 3 aliphatic rings. The van der Waals surface area contributed by atoms with E-state index in [1.807, 2.05) is 6.07 Å². The molecule has 3 aliphatic carbocycles. The molecule has 7 nitrogen and oxygen atoms in total. The summed E-state index contributed by atoms with van der Waals surface area (Å²) in [5.41, 5.74) is 0.459. The van der Waals surface area contributed by atoms with Gasteiger partial charge in [-0.2, -0.15) is 18.4 Å². The zero-order valence-corrected chi connectivity index (χ0v) is 16.9. The second-order valence-corrected chi connectivity index (χ2v) is 9.41. The summed E-state index contributed by atoms with van der Waals surface area (Å²) in [5, 5.41) is 23.1. The van der Waals surface area contributed by atoms with Gasteiger partial charge in [0.05, 0.1) is 29.1 Å². The molecule has 32 heavy (non-hydrogen) atoms. The van der Waals surface area contributed by atoms with Crippen molar-refractivity contribution in [2.24, 2.45) is 10.8 Å². The first-order chi connectivity index (χ1) is 15.2. The smallest absolute Gasteiger partial charge is 0.393 e. The molecule has 3 unspecified atom stereocenters. The molecule has 3 aromatic heterocycles. The number of H-pyrrole nitrogens is 1. The summed E-state index contributed by atoms with van der Waals surface area (Å²) in [7, 11) is 0. The van der Waals surface area contributed by atoms with Crippen LogP contribution >= 0.6 is 0 Å². The van der Waals surface area contributed by atoms with Crippen molar-refractivity contribution in [3.05, 3.63) is 35.8 Å². The van der Waals surface area contributed by atoms with E-state index in [2.05, 4.69) is 25.3 Å². The van der Waals surface area contributed by atoms with Gasteiger partial charge < -0.3 is 15.4 Å². The molecule has 164 valence electrons. The molecule has 3 saturated carbocycles. The lowest BCUT2D eigenvalue weighted by molar-refractivity contribution is -0.137. The highest BCUT2D eigenvalue weighted by molar-refractivity contribution is 5.94. The fraction of sp³-hybridized carbons (Fsp3) is 0.455. The van der Waals surface area contributed by atoms with Crippen molar-refractivity contribution in [2.45, 2.75) is 50.4 Å². The average Bonchev–Trinajstić information content (AvgIpc) is 3.43. The summed E-state index contributed by atoms with van der Waals surface area (Å²) in [4.78, 5) is 15.5. The van der Waals surface area contributed by atoms with Gasteiger partial charge in [-0.05, 0) is 49.0 Å². The number of nitriles is 1. The van der Waals surface area contributed by atoms with Crippen LogP contribution in [-0.2, 0) is 6.18 Å². The number of anilines is 1. The molecule has 3 heterocycles. The number of fused-ring (bicyclic) bond motifs is 1. The second kappa shape index (κ2) is 6.19. The monoisotopic (exact) mass is 440 g/mol. The van der Waals surface area contributed by atoms with Gasteiger partial charge in [0, 0.05) is 29.4 Å². The minimum atomic E-state index is -4.53. The second-order valence-electron chi connectivity index (χ2n) is 9.41. The number of aromatic amines is 1. The number of aliphatic hydroxyl groups excluding tert-OH is 1. The highest BCUT2D eigenvalue weighted by atomic mass is 19.4. The molecule has 0 amide bonds. The normalized spacial score (nSPS) is 30.7. The zero-order chi connectivity index (χ0) is 22.3. The third kappa shape index (κ3) is 2.88. The number of pyridine rings is 1. The van der Waals surface area contributed by atoms with Crippen LogP contribution < -0.4 is 5.32 Å². The molecule has 3 N–H and O–H groups in total. The number of nitrogens with zero attached hydrogens (tertiary/aromatic N) is 4. The first-order valence-corrected chi connectivity index (χ1v) is 10.5. The molecule has 3 fully saturated rings. The van der Waals surface area contributed by atoms with Crippen LogP contribution in [0.1, 0.15) is 43.2 Å². The van der Waals surface area contributed by atoms with Gasteiger partial charge in [-0.15, -0.1) is 0 Å². The van der Waals surface area contributed by atoms with Gasteiger partial charge >= 0.3 is 6.18 Å². The highest BCUT2D eigenvalue weighted by Crippen LogP contribution is 2.71. The van der Waals surface area contributed by atoms with Crippen LogP contribution in [0.15, 0.2) is 24.7 Å². The van der Waals surface area contributed by atoms with E-state index in [0.29, 0.717) is 11.5 Å². The zero-order valence-electron chi connectivity index (χ0n) is 16.9. The highest BCUT2D eigenvalue weighted by Gasteiger charge is 2.68. The summed E-state index contributed by atoms with van der Waals surface area (Å²) in [6.07, 6.45) is 3.92. The summed E-state index contributed by atoms with van der Waals surface area (Å²) in [6, 6.07) is 3.23. The van der Waals surface area contributed by atoms with Crippen molar-refractivity contribution in [1.29, 1.82) is 5.26 Å². The van der Waals surface area contributed by atoms with E-state index >= 15 is 0 Å². The van der Waals surface area contributed by atoms with Crippen molar-refractivity contribution >= 4 is 17.0 Å². The molecule has 2 spiro atoms. The van der Waals surface area contributed by atoms with E-state index in [4.69, 9.17) is 0 Å². The molecule has 3 aromatic rings. The Morgan fingerprint density at radius 2 is 1.97 bits per heavy atom. The number of halogens is 3. The fourth-order valence-corrected chi connectivity index (χ4v) is 5.43. The maximum Gasteiger partial charge on any atom is 0.417 e. The van der Waals surface area contributed by atoms with E-state index < -0.39 is 11.7 Å². The van der Waals surface area contributed by atoms with Crippen molar-refractivity contribution in [3.8, 4) is 17.3 Å². The Labute approximate surface area is 180 Å². The van der Waals surface area contributed by atoms with Gasteiger partial charge in [0.2, 0.25) is 5.95 Å². The predicted octanol–water partition coefficient (Wildman–Crippen LogP) is 4.02. The quantitative estimate of drug-likeness (QED) is 0.568. The maximum absolute atomic E-state index is 13.2. The lowest BCUT2D eigenvalue weighted by Crippen LogP contribution is -2.15. The third-order valence-electron chi connectivity index (χ3n) is 7.49. The van der Waals surface area contributed by atoms with E-state index in [-0.39, 0.29) is 45.3 Å². The van der Waals surface area contributed by atoms with Gasteiger partial charge in [-0.3, -0.25) is 0 Å². The summed E-state index contributed by atoms with van der Waals surface area (Å²) >= 11 is 0. The first-order valence-electron chi connectivity index (χ1n) is 10.5. The van der Waals surface area contributed by atoms with E-state index in [1.54, 1.807) is 0 Å². The molecular formula is C22H19F3N6O. The van der Waals surface area contributed by atoms with Crippen LogP contribution in [0.2, 0.25) is 0 Å². The van der Waals surface area contributed by atoms with Crippen LogP contribution in [-0.4, -0.2) is 37.2 Å². The number of aromatic nitrogens is 4. The molecule has 10 heteroatoms. The number of hydrogen-bond donors (Lipinski definition) is 3. The largest absolute Gasteiger partial charge is 0.417 e. The third-order valence-corrected chi connectivity index (χ3v) is 7.49. The number of aliphatic hydroxyl groups is 1. The number of rotatable bonds is 3. The van der Waals surface area contributed by atoms with Gasteiger partial charge in [0.15, 0.2) is 0 Å². The summed E-state index contributed by atoms with van der Waals surface area (Å²) in [5.74, 6) is 0.340. The molecule has 6 rings (SSSR count). The minimum Gasteiger partial charge on any atom is -0.393 e. The standard InChI is InChI=1S/C22H19F3N6O/c23-22(24,25)12-3-13-14(9-28-18(13)27-8-12)17-11(6-26)7-29-19(31-17)30-15-4-20(15)1-2-21(10-20)5-16(21)32/h3,7-9,15-16,32H,1-2,4-5,10H2,(H,27,28)(H,29,30,31)/t15?,16-,20?,21?/m0/s1. The van der Waals surface area contributed by atoms with Crippen LogP contribution in [0, 0.1) is 22.2 Å². The Morgan fingerprint density at radius 1 is 1.19 bits per heavy atom.